The van der Waals surface area contributed by atoms with E-state index in [1.807, 2.05) is 12.1 Å². The Morgan fingerprint density at radius 3 is 2.00 bits per heavy atom. The number of halogens is 1. The molecule has 152 valence electrons. The van der Waals surface area contributed by atoms with Crippen LogP contribution in [0.1, 0.15) is 45.4 Å². The van der Waals surface area contributed by atoms with Gasteiger partial charge in [0, 0.05) is 0 Å². The maximum absolute atomic E-state index is 13.3. The number of methoxy groups -OCH3 is 1. The fourth-order valence-corrected chi connectivity index (χ4v) is 8.53. The van der Waals surface area contributed by atoms with E-state index in [-0.39, 0.29) is 11.4 Å². The Kier molecular flexibility index (Phi) is 5.42. The third-order valence-corrected chi connectivity index (χ3v) is 9.66. The molecule has 1 aromatic rings. The molecular formula is C22H27IO5. The Hall–Kier alpha value is -1.57. The molecular weight excluding hydrogens is 471 g/mol. The fraction of sp³-hybridized carbons (Fsp3) is 0.545. The van der Waals surface area contributed by atoms with Gasteiger partial charge in [-0.15, -0.1) is 0 Å². The van der Waals surface area contributed by atoms with Crippen LogP contribution in [0, 0.1) is 26.7 Å². The third-order valence-electron chi connectivity index (χ3n) is 6.33. The second-order valence-corrected chi connectivity index (χ2v) is 11.9. The summed E-state index contributed by atoms with van der Waals surface area (Å²) in [4.78, 5) is 25.5. The van der Waals surface area contributed by atoms with E-state index >= 15 is 0 Å². The van der Waals surface area contributed by atoms with E-state index in [0.29, 0.717) is 29.1 Å². The van der Waals surface area contributed by atoms with Gasteiger partial charge in [-0.3, -0.25) is 0 Å². The van der Waals surface area contributed by atoms with Crippen molar-refractivity contribution in [3.63, 3.8) is 0 Å². The molecule has 0 heterocycles. The molecule has 1 aromatic carbocycles. The van der Waals surface area contributed by atoms with E-state index in [1.165, 1.54) is 19.3 Å². The Labute approximate surface area is 174 Å². The van der Waals surface area contributed by atoms with Gasteiger partial charge in [-0.1, -0.05) is 0 Å². The molecule has 0 saturated heterocycles. The van der Waals surface area contributed by atoms with Crippen molar-refractivity contribution < 1.29 is 20.5 Å². The van der Waals surface area contributed by atoms with Gasteiger partial charge in [0.1, 0.15) is 0 Å². The van der Waals surface area contributed by atoms with Crippen molar-refractivity contribution in [3.8, 4) is 5.75 Å². The zero-order chi connectivity index (χ0) is 19.9. The first kappa shape index (κ1) is 19.7. The summed E-state index contributed by atoms with van der Waals surface area (Å²) in [5.41, 5.74) is -0.0614. The summed E-state index contributed by atoms with van der Waals surface area (Å²) >= 11 is -2.95. The van der Waals surface area contributed by atoms with Crippen LogP contribution in [-0.2, 0) is 15.7 Å². The van der Waals surface area contributed by atoms with Crippen molar-refractivity contribution in [1.29, 1.82) is 0 Å². The molecule has 0 aliphatic heterocycles. The predicted octanol–water partition coefficient (Wildman–Crippen LogP) is 5.08. The SMILES string of the molecule is C=C(C)C(=O)OI(OC(=O)C12CC3CC(CC(C3)C1)C2)c1ccc(OC)cc1. The van der Waals surface area contributed by atoms with Crippen LogP contribution in [0.3, 0.4) is 0 Å². The molecule has 6 heteroatoms. The Morgan fingerprint density at radius 2 is 1.54 bits per heavy atom. The molecule has 5 rings (SSSR count). The van der Waals surface area contributed by atoms with Crippen molar-refractivity contribution >= 4 is 32.6 Å². The summed E-state index contributed by atoms with van der Waals surface area (Å²) in [6.07, 6.45) is 6.57. The minimum atomic E-state index is -2.95. The van der Waals surface area contributed by atoms with Crippen molar-refractivity contribution in [2.75, 3.05) is 7.11 Å². The van der Waals surface area contributed by atoms with Gasteiger partial charge in [-0.05, 0) is 0 Å². The van der Waals surface area contributed by atoms with Crippen molar-refractivity contribution in [2.24, 2.45) is 23.2 Å². The number of rotatable bonds is 6. The summed E-state index contributed by atoms with van der Waals surface area (Å²) < 4.78 is 17.6. The van der Waals surface area contributed by atoms with E-state index in [4.69, 9.17) is 10.9 Å². The topological polar surface area (TPSA) is 61.8 Å². The third kappa shape index (κ3) is 3.80. The summed E-state index contributed by atoms with van der Waals surface area (Å²) in [6.45, 7) is 5.26. The van der Waals surface area contributed by atoms with E-state index in [0.717, 1.165) is 22.8 Å². The first-order valence-corrected chi connectivity index (χ1v) is 12.7. The second-order valence-electron chi connectivity index (χ2n) is 8.58. The van der Waals surface area contributed by atoms with Crippen LogP contribution in [0.2, 0.25) is 0 Å². The zero-order valence-electron chi connectivity index (χ0n) is 16.4. The van der Waals surface area contributed by atoms with Gasteiger partial charge in [0.25, 0.3) is 0 Å². The number of carbonyl (C=O) groups is 2. The molecule has 0 atom stereocenters. The van der Waals surface area contributed by atoms with Crippen molar-refractivity contribution in [1.82, 2.24) is 0 Å². The quantitative estimate of drug-likeness (QED) is 0.405. The minimum absolute atomic E-state index is 0.151. The van der Waals surface area contributed by atoms with E-state index in [1.54, 1.807) is 26.2 Å². The standard InChI is InChI=1S/C22H27IO5/c1-14(2)20(24)27-23(18-4-6-19(26-3)7-5-18)28-21(25)22-11-15-8-16(12-22)10-17(9-15)13-22/h4-7,15-17H,1,8-13H2,2-3H3. The second kappa shape index (κ2) is 7.69. The summed E-state index contributed by atoms with van der Waals surface area (Å²) in [6, 6.07) is 7.24. The maximum atomic E-state index is 13.3. The first-order chi connectivity index (χ1) is 13.4. The van der Waals surface area contributed by atoms with Crippen LogP contribution in [-0.4, -0.2) is 19.0 Å². The van der Waals surface area contributed by atoms with E-state index in [9.17, 15) is 9.59 Å². The van der Waals surface area contributed by atoms with Crippen LogP contribution in [0.15, 0.2) is 36.4 Å². The van der Waals surface area contributed by atoms with Gasteiger partial charge < -0.3 is 0 Å². The normalized spacial score (nSPS) is 30.5. The average Bonchev–Trinajstić information content (AvgIpc) is 2.66. The fourth-order valence-electron chi connectivity index (χ4n) is 5.41. The molecule has 0 radical (unpaired) electrons. The summed E-state index contributed by atoms with van der Waals surface area (Å²) in [5, 5.41) is 0. The van der Waals surface area contributed by atoms with Crippen molar-refractivity contribution in [2.45, 2.75) is 45.4 Å². The average molecular weight is 498 g/mol. The zero-order valence-corrected chi connectivity index (χ0v) is 18.6. The molecule has 0 unspecified atom stereocenters. The van der Waals surface area contributed by atoms with Gasteiger partial charge in [0.05, 0.1) is 0 Å². The predicted molar refractivity (Wildman–Crippen MR) is 113 cm³/mol. The van der Waals surface area contributed by atoms with Crippen LogP contribution in [0.5, 0.6) is 5.75 Å². The Balaban J connectivity index is 1.55. The van der Waals surface area contributed by atoms with Gasteiger partial charge in [-0.25, -0.2) is 0 Å². The molecule has 4 bridgehead atoms. The number of hydrogen-bond acceptors (Lipinski definition) is 5. The molecule has 0 amide bonds. The van der Waals surface area contributed by atoms with Crippen molar-refractivity contribution in [3.05, 3.63) is 40.0 Å². The van der Waals surface area contributed by atoms with E-state index < -0.39 is 26.6 Å². The molecule has 4 saturated carbocycles. The van der Waals surface area contributed by atoms with Gasteiger partial charge in [0.2, 0.25) is 0 Å². The summed E-state index contributed by atoms with van der Waals surface area (Å²) in [5.74, 6) is 2.01. The number of carbonyl (C=O) groups excluding carboxylic acids is 2. The first-order valence-electron chi connectivity index (χ1n) is 9.84. The number of benzene rings is 1. The summed E-state index contributed by atoms with van der Waals surface area (Å²) in [7, 11) is 1.60. The molecule has 4 fully saturated rings. The molecule has 0 aromatic heterocycles. The van der Waals surface area contributed by atoms with Crippen LogP contribution in [0.4, 0.5) is 0 Å². The molecule has 0 spiro atoms. The van der Waals surface area contributed by atoms with Crippen LogP contribution >= 0.6 is 20.6 Å². The molecule has 0 N–H and O–H groups in total. The molecule has 4 aliphatic rings. The number of hydrogen-bond donors (Lipinski definition) is 0. The van der Waals surface area contributed by atoms with E-state index in [2.05, 4.69) is 6.58 Å². The van der Waals surface area contributed by atoms with Gasteiger partial charge in [0.15, 0.2) is 0 Å². The Bertz CT molecular complexity index is 749. The van der Waals surface area contributed by atoms with Crippen LogP contribution in [0.25, 0.3) is 0 Å². The van der Waals surface area contributed by atoms with Gasteiger partial charge >= 0.3 is 175 Å². The Morgan fingerprint density at radius 1 is 1.00 bits per heavy atom. The molecule has 28 heavy (non-hydrogen) atoms. The molecule has 5 nitrogen and oxygen atoms in total. The number of ether oxygens (including phenoxy) is 1. The molecule has 4 aliphatic carbocycles. The monoisotopic (exact) mass is 498 g/mol. The van der Waals surface area contributed by atoms with Crippen LogP contribution < -0.4 is 4.74 Å². The van der Waals surface area contributed by atoms with Gasteiger partial charge in [-0.2, -0.15) is 0 Å².